The van der Waals surface area contributed by atoms with Crippen molar-refractivity contribution < 1.29 is 9.90 Å². The van der Waals surface area contributed by atoms with Gasteiger partial charge < -0.3 is 10.4 Å². The first kappa shape index (κ1) is 12.9. The highest BCUT2D eigenvalue weighted by molar-refractivity contribution is 5.88. The van der Waals surface area contributed by atoms with Gasteiger partial charge >= 0.3 is 5.97 Å². The molecule has 2 N–H and O–H groups in total. The number of benzene rings is 2. The highest BCUT2D eigenvalue weighted by Gasteiger charge is 2.03. The summed E-state index contributed by atoms with van der Waals surface area (Å²) in [5.74, 6) is -0.932. The fraction of sp³-hybridized carbons (Fsp3) is 0. The molecule has 0 radical (unpaired) electrons. The number of carboxylic acid groups (broad SMARTS) is 1. The van der Waals surface area contributed by atoms with Crippen LogP contribution in [0.3, 0.4) is 0 Å². The second-order valence-electron chi connectivity index (χ2n) is 4.52. The van der Waals surface area contributed by atoms with Gasteiger partial charge in [0.15, 0.2) is 0 Å². The Morgan fingerprint density at radius 3 is 2.38 bits per heavy atom. The van der Waals surface area contributed by atoms with Gasteiger partial charge in [-0.25, -0.2) is 9.48 Å². The molecule has 0 amide bonds. The summed E-state index contributed by atoms with van der Waals surface area (Å²) in [7, 11) is 0. The van der Waals surface area contributed by atoms with Crippen molar-refractivity contribution in [2.45, 2.75) is 0 Å². The molecule has 5 heteroatoms. The molecule has 21 heavy (non-hydrogen) atoms. The quantitative estimate of drug-likeness (QED) is 0.768. The number of aromatic carboxylic acids is 1. The number of hydrogen-bond acceptors (Lipinski definition) is 3. The highest BCUT2D eigenvalue weighted by atomic mass is 16.4. The first-order valence-electron chi connectivity index (χ1n) is 6.43. The molecule has 0 aliphatic heterocycles. The zero-order valence-electron chi connectivity index (χ0n) is 11.1. The minimum atomic E-state index is -0.932. The van der Waals surface area contributed by atoms with E-state index in [1.165, 1.54) is 0 Å². The third kappa shape index (κ3) is 2.92. The molecule has 3 rings (SSSR count). The predicted molar refractivity (Wildman–Crippen MR) is 80.2 cm³/mol. The van der Waals surface area contributed by atoms with Crippen LogP contribution in [0.5, 0.6) is 0 Å². The lowest BCUT2D eigenvalue weighted by Crippen LogP contribution is -1.96. The molecule has 0 saturated carbocycles. The molecule has 3 aromatic rings. The van der Waals surface area contributed by atoms with E-state index >= 15 is 0 Å². The average Bonchev–Trinajstić information content (AvgIpc) is 2.97. The summed E-state index contributed by atoms with van der Waals surface area (Å²) < 4.78 is 1.77. The maximum atomic E-state index is 10.8. The number of nitrogens with zero attached hydrogens (tertiary/aromatic N) is 2. The maximum absolute atomic E-state index is 10.8. The average molecular weight is 279 g/mol. The fourth-order valence-corrected chi connectivity index (χ4v) is 1.97. The van der Waals surface area contributed by atoms with Gasteiger partial charge in [0.05, 0.1) is 29.3 Å². The largest absolute Gasteiger partial charge is 0.478 e. The van der Waals surface area contributed by atoms with E-state index in [4.69, 9.17) is 5.11 Å². The summed E-state index contributed by atoms with van der Waals surface area (Å²) in [4.78, 5) is 10.8. The number of rotatable bonds is 4. The third-order valence-electron chi connectivity index (χ3n) is 3.02. The van der Waals surface area contributed by atoms with Gasteiger partial charge in [0.25, 0.3) is 0 Å². The SMILES string of the molecule is O=C(O)c1ccc(Nc2cnn(-c3ccccc3)c2)cc1. The molecule has 0 fully saturated rings. The van der Waals surface area contributed by atoms with Crippen LogP contribution in [0.15, 0.2) is 67.0 Å². The van der Waals surface area contributed by atoms with Crippen LogP contribution in [-0.4, -0.2) is 20.9 Å². The van der Waals surface area contributed by atoms with E-state index in [0.717, 1.165) is 17.1 Å². The first-order chi connectivity index (χ1) is 10.2. The van der Waals surface area contributed by atoms with Gasteiger partial charge in [-0.3, -0.25) is 0 Å². The van der Waals surface area contributed by atoms with Gasteiger partial charge in [0.2, 0.25) is 0 Å². The monoisotopic (exact) mass is 279 g/mol. The topological polar surface area (TPSA) is 67.2 Å². The van der Waals surface area contributed by atoms with Gasteiger partial charge in [0.1, 0.15) is 0 Å². The molecule has 2 aromatic carbocycles. The van der Waals surface area contributed by atoms with Crippen molar-refractivity contribution in [3.63, 3.8) is 0 Å². The lowest BCUT2D eigenvalue weighted by atomic mass is 10.2. The van der Waals surface area contributed by atoms with E-state index in [1.807, 2.05) is 36.5 Å². The Bertz CT molecular complexity index is 749. The Hall–Kier alpha value is -3.08. The van der Waals surface area contributed by atoms with Crippen LogP contribution in [0.4, 0.5) is 11.4 Å². The summed E-state index contributed by atoms with van der Waals surface area (Å²) >= 11 is 0. The Morgan fingerprint density at radius 2 is 1.71 bits per heavy atom. The van der Waals surface area contributed by atoms with E-state index in [9.17, 15) is 4.79 Å². The zero-order chi connectivity index (χ0) is 14.7. The van der Waals surface area contributed by atoms with Crippen LogP contribution in [0.2, 0.25) is 0 Å². The molecule has 1 heterocycles. The molecule has 5 nitrogen and oxygen atoms in total. The fourth-order valence-electron chi connectivity index (χ4n) is 1.97. The van der Waals surface area contributed by atoms with Gasteiger partial charge in [-0.15, -0.1) is 0 Å². The summed E-state index contributed by atoms with van der Waals surface area (Å²) in [5.41, 5.74) is 2.89. The molecule has 0 unspecified atom stereocenters. The van der Waals surface area contributed by atoms with Crippen molar-refractivity contribution in [1.29, 1.82) is 0 Å². The number of hydrogen-bond donors (Lipinski definition) is 2. The normalized spacial score (nSPS) is 10.3. The zero-order valence-corrected chi connectivity index (χ0v) is 11.1. The van der Waals surface area contributed by atoms with Gasteiger partial charge in [-0.2, -0.15) is 5.10 Å². The molecule has 0 spiro atoms. The summed E-state index contributed by atoms with van der Waals surface area (Å²) in [6.07, 6.45) is 3.60. The van der Waals surface area contributed by atoms with E-state index in [-0.39, 0.29) is 5.56 Å². The first-order valence-corrected chi connectivity index (χ1v) is 6.43. The Balaban J connectivity index is 1.77. The van der Waals surface area contributed by atoms with Crippen LogP contribution < -0.4 is 5.32 Å². The van der Waals surface area contributed by atoms with Crippen molar-refractivity contribution in [2.24, 2.45) is 0 Å². The van der Waals surface area contributed by atoms with Crippen LogP contribution >= 0.6 is 0 Å². The number of anilines is 2. The Morgan fingerprint density at radius 1 is 1.00 bits per heavy atom. The molecule has 104 valence electrons. The summed E-state index contributed by atoms with van der Waals surface area (Å²) in [6, 6.07) is 16.4. The van der Waals surface area contributed by atoms with Crippen molar-refractivity contribution in [3.05, 3.63) is 72.6 Å². The van der Waals surface area contributed by atoms with E-state index in [2.05, 4.69) is 10.4 Å². The standard InChI is InChI=1S/C16H13N3O2/c20-16(21)12-6-8-13(9-7-12)18-14-10-17-19(11-14)15-4-2-1-3-5-15/h1-11,18H,(H,20,21). The molecule has 0 saturated heterocycles. The second-order valence-corrected chi connectivity index (χ2v) is 4.52. The summed E-state index contributed by atoms with van der Waals surface area (Å²) in [6.45, 7) is 0. The van der Waals surface area contributed by atoms with Crippen LogP contribution in [0.1, 0.15) is 10.4 Å². The maximum Gasteiger partial charge on any atom is 0.335 e. The van der Waals surface area contributed by atoms with Crippen molar-refractivity contribution >= 4 is 17.3 Å². The second kappa shape index (κ2) is 5.50. The number of carbonyl (C=O) groups is 1. The van der Waals surface area contributed by atoms with Crippen molar-refractivity contribution in [2.75, 3.05) is 5.32 Å². The number of aromatic nitrogens is 2. The number of para-hydroxylation sites is 1. The Kier molecular flexibility index (Phi) is 3.39. The number of nitrogens with one attached hydrogen (secondary N) is 1. The Labute approximate surface area is 121 Å². The highest BCUT2D eigenvalue weighted by Crippen LogP contribution is 2.18. The molecule has 0 atom stereocenters. The smallest absolute Gasteiger partial charge is 0.335 e. The van der Waals surface area contributed by atoms with Gasteiger partial charge in [0, 0.05) is 5.69 Å². The molecule has 1 aromatic heterocycles. The molecular weight excluding hydrogens is 266 g/mol. The summed E-state index contributed by atoms with van der Waals surface area (Å²) in [5, 5.41) is 16.3. The van der Waals surface area contributed by atoms with Crippen LogP contribution in [0, 0.1) is 0 Å². The lowest BCUT2D eigenvalue weighted by molar-refractivity contribution is 0.0697. The lowest BCUT2D eigenvalue weighted by Gasteiger charge is -2.03. The van der Waals surface area contributed by atoms with Crippen molar-refractivity contribution in [3.8, 4) is 5.69 Å². The van der Waals surface area contributed by atoms with E-state index in [1.54, 1.807) is 35.1 Å². The number of carboxylic acids is 1. The molecule has 0 bridgehead atoms. The van der Waals surface area contributed by atoms with E-state index in [0.29, 0.717) is 0 Å². The molecule has 0 aliphatic carbocycles. The van der Waals surface area contributed by atoms with E-state index < -0.39 is 5.97 Å². The van der Waals surface area contributed by atoms with Crippen molar-refractivity contribution in [1.82, 2.24) is 9.78 Å². The molecule has 0 aliphatic rings. The van der Waals surface area contributed by atoms with Gasteiger partial charge in [-0.05, 0) is 36.4 Å². The predicted octanol–water partition coefficient (Wildman–Crippen LogP) is 3.31. The minimum Gasteiger partial charge on any atom is -0.478 e. The minimum absolute atomic E-state index is 0.264. The van der Waals surface area contributed by atoms with Crippen LogP contribution in [-0.2, 0) is 0 Å². The van der Waals surface area contributed by atoms with Crippen LogP contribution in [0.25, 0.3) is 5.69 Å². The van der Waals surface area contributed by atoms with Gasteiger partial charge in [-0.1, -0.05) is 18.2 Å². The third-order valence-corrected chi connectivity index (χ3v) is 3.02. The molecular formula is C16H13N3O2.